The lowest BCUT2D eigenvalue weighted by Gasteiger charge is -2.18. The molecule has 0 radical (unpaired) electrons. The van der Waals surface area contributed by atoms with Crippen LogP contribution in [0.25, 0.3) is 0 Å². The van der Waals surface area contributed by atoms with Crippen LogP contribution in [0.2, 0.25) is 0 Å². The van der Waals surface area contributed by atoms with Gasteiger partial charge in [0, 0.05) is 12.1 Å². The Morgan fingerprint density at radius 3 is 3.11 bits per heavy atom. The molecule has 1 unspecified atom stereocenters. The Bertz CT molecular complexity index is 501. The predicted molar refractivity (Wildman–Crippen MR) is 69.2 cm³/mol. The van der Waals surface area contributed by atoms with E-state index in [1.165, 1.54) is 0 Å². The number of rotatable bonds is 4. The maximum atomic E-state index is 11.9. The van der Waals surface area contributed by atoms with Gasteiger partial charge < -0.3 is 20.5 Å². The smallest absolute Gasteiger partial charge is 0.262 e. The SMILES string of the molecule is CCC(O)CNC(=O)c1ccc2c(c1)NC(=O)CO2. The van der Waals surface area contributed by atoms with Crippen LogP contribution in [0.5, 0.6) is 5.75 Å². The van der Waals surface area contributed by atoms with Crippen molar-refractivity contribution in [2.45, 2.75) is 19.4 Å². The van der Waals surface area contributed by atoms with E-state index in [9.17, 15) is 14.7 Å². The summed E-state index contributed by atoms with van der Waals surface area (Å²) in [6, 6.07) is 4.81. The van der Waals surface area contributed by atoms with Gasteiger partial charge in [-0.15, -0.1) is 0 Å². The fourth-order valence-electron chi connectivity index (χ4n) is 1.68. The van der Waals surface area contributed by atoms with Crippen LogP contribution >= 0.6 is 0 Å². The van der Waals surface area contributed by atoms with E-state index in [2.05, 4.69) is 10.6 Å². The summed E-state index contributed by atoms with van der Waals surface area (Å²) in [4.78, 5) is 23.0. The maximum Gasteiger partial charge on any atom is 0.262 e. The summed E-state index contributed by atoms with van der Waals surface area (Å²) in [6.07, 6.45) is 0.0265. The summed E-state index contributed by atoms with van der Waals surface area (Å²) < 4.78 is 5.20. The summed E-state index contributed by atoms with van der Waals surface area (Å²) in [5.41, 5.74) is 0.896. The van der Waals surface area contributed by atoms with E-state index < -0.39 is 6.10 Å². The Hall–Kier alpha value is -2.08. The Morgan fingerprint density at radius 1 is 1.58 bits per heavy atom. The predicted octanol–water partition coefficient (Wildman–Crippen LogP) is 0.518. The van der Waals surface area contributed by atoms with Crippen LogP contribution in [0.4, 0.5) is 5.69 Å². The lowest BCUT2D eigenvalue weighted by Crippen LogP contribution is -2.32. The number of aliphatic hydroxyl groups is 1. The zero-order valence-electron chi connectivity index (χ0n) is 10.6. The number of aliphatic hydroxyl groups excluding tert-OH is 1. The number of carbonyl (C=O) groups excluding carboxylic acids is 2. The van der Waals surface area contributed by atoms with Crippen molar-refractivity contribution in [2.24, 2.45) is 0 Å². The quantitative estimate of drug-likeness (QED) is 0.739. The van der Waals surface area contributed by atoms with E-state index in [0.29, 0.717) is 23.4 Å². The standard InChI is InChI=1S/C13H16N2O4/c1-2-9(16)6-14-13(18)8-3-4-11-10(5-8)15-12(17)7-19-11/h3-5,9,16H,2,6-7H2,1H3,(H,14,18)(H,15,17). The van der Waals surface area contributed by atoms with Crippen LogP contribution < -0.4 is 15.4 Å². The molecule has 1 aliphatic rings. The molecule has 3 N–H and O–H groups in total. The minimum atomic E-state index is -0.551. The van der Waals surface area contributed by atoms with E-state index in [4.69, 9.17) is 4.74 Å². The number of ether oxygens (including phenoxy) is 1. The van der Waals surface area contributed by atoms with Crippen LogP contribution in [-0.2, 0) is 4.79 Å². The summed E-state index contributed by atoms with van der Waals surface area (Å²) in [5, 5.41) is 14.7. The molecule has 6 nitrogen and oxygen atoms in total. The first-order chi connectivity index (χ1) is 9.10. The van der Waals surface area contributed by atoms with Crippen molar-refractivity contribution in [3.05, 3.63) is 23.8 Å². The van der Waals surface area contributed by atoms with Crippen molar-refractivity contribution in [1.29, 1.82) is 0 Å². The van der Waals surface area contributed by atoms with Crippen molar-refractivity contribution >= 4 is 17.5 Å². The number of hydrogen-bond acceptors (Lipinski definition) is 4. The van der Waals surface area contributed by atoms with E-state index >= 15 is 0 Å². The van der Waals surface area contributed by atoms with Crippen LogP contribution in [0.1, 0.15) is 23.7 Å². The van der Waals surface area contributed by atoms with Gasteiger partial charge in [-0.05, 0) is 24.6 Å². The van der Waals surface area contributed by atoms with Crippen LogP contribution in [0.15, 0.2) is 18.2 Å². The lowest BCUT2D eigenvalue weighted by atomic mass is 10.1. The van der Waals surface area contributed by atoms with Gasteiger partial charge in [0.05, 0.1) is 11.8 Å². The molecule has 1 aliphatic heterocycles. The second-order valence-electron chi connectivity index (χ2n) is 4.32. The number of hydrogen-bond donors (Lipinski definition) is 3. The van der Waals surface area contributed by atoms with Gasteiger partial charge in [0.2, 0.25) is 0 Å². The third kappa shape index (κ3) is 3.23. The van der Waals surface area contributed by atoms with E-state index in [1.54, 1.807) is 18.2 Å². The lowest BCUT2D eigenvalue weighted by molar-refractivity contribution is -0.118. The summed E-state index contributed by atoms with van der Waals surface area (Å²) in [5.74, 6) is 0.00586. The van der Waals surface area contributed by atoms with Gasteiger partial charge in [0.25, 0.3) is 11.8 Å². The number of nitrogens with one attached hydrogen (secondary N) is 2. The molecular weight excluding hydrogens is 248 g/mol. The zero-order chi connectivity index (χ0) is 13.8. The topological polar surface area (TPSA) is 87.7 Å². The van der Waals surface area contributed by atoms with E-state index in [0.717, 1.165) is 0 Å². The molecule has 1 atom stereocenters. The number of carbonyl (C=O) groups is 2. The molecule has 0 bridgehead atoms. The zero-order valence-corrected chi connectivity index (χ0v) is 10.6. The van der Waals surface area contributed by atoms with Crippen molar-refractivity contribution in [1.82, 2.24) is 5.32 Å². The van der Waals surface area contributed by atoms with Crippen LogP contribution in [0.3, 0.4) is 0 Å². The molecule has 0 aromatic heterocycles. The maximum absolute atomic E-state index is 11.9. The molecule has 1 heterocycles. The molecule has 19 heavy (non-hydrogen) atoms. The Labute approximate surface area is 110 Å². The monoisotopic (exact) mass is 264 g/mol. The molecule has 0 spiro atoms. The van der Waals surface area contributed by atoms with Gasteiger partial charge in [-0.2, -0.15) is 0 Å². The Morgan fingerprint density at radius 2 is 2.37 bits per heavy atom. The molecule has 0 aliphatic carbocycles. The van der Waals surface area contributed by atoms with E-state index in [1.807, 2.05) is 6.92 Å². The van der Waals surface area contributed by atoms with Gasteiger partial charge in [0.1, 0.15) is 5.75 Å². The Balaban J connectivity index is 2.06. The van der Waals surface area contributed by atoms with Crippen molar-refractivity contribution in [3.8, 4) is 5.75 Å². The number of amides is 2. The molecule has 2 amide bonds. The van der Waals surface area contributed by atoms with Crippen LogP contribution in [0, 0.1) is 0 Å². The number of benzene rings is 1. The van der Waals surface area contributed by atoms with E-state index in [-0.39, 0.29) is 25.0 Å². The molecule has 1 aromatic carbocycles. The van der Waals surface area contributed by atoms with Crippen LogP contribution in [-0.4, -0.2) is 36.2 Å². The Kier molecular flexibility index (Phi) is 4.01. The second-order valence-corrected chi connectivity index (χ2v) is 4.32. The van der Waals surface area contributed by atoms with Gasteiger partial charge in [-0.3, -0.25) is 9.59 Å². The minimum Gasteiger partial charge on any atom is -0.482 e. The van der Waals surface area contributed by atoms with Gasteiger partial charge in [-0.1, -0.05) is 6.92 Å². The average Bonchev–Trinajstić information content (AvgIpc) is 2.43. The molecule has 102 valence electrons. The third-order valence-electron chi connectivity index (χ3n) is 2.84. The first kappa shape index (κ1) is 13.4. The first-order valence-electron chi connectivity index (χ1n) is 6.13. The molecule has 1 aromatic rings. The largest absolute Gasteiger partial charge is 0.482 e. The van der Waals surface area contributed by atoms with Gasteiger partial charge in [0.15, 0.2) is 6.61 Å². The highest BCUT2D eigenvalue weighted by molar-refractivity contribution is 5.99. The second kappa shape index (κ2) is 5.71. The van der Waals surface area contributed by atoms with Gasteiger partial charge >= 0.3 is 0 Å². The summed E-state index contributed by atoms with van der Waals surface area (Å²) in [6.45, 7) is 2.03. The highest BCUT2D eigenvalue weighted by Crippen LogP contribution is 2.28. The molecule has 2 rings (SSSR count). The molecule has 0 saturated carbocycles. The highest BCUT2D eigenvalue weighted by Gasteiger charge is 2.17. The van der Waals surface area contributed by atoms with Crippen molar-refractivity contribution in [3.63, 3.8) is 0 Å². The molecule has 6 heteroatoms. The van der Waals surface area contributed by atoms with Crippen molar-refractivity contribution < 1.29 is 19.4 Å². The molecular formula is C13H16N2O4. The van der Waals surface area contributed by atoms with Gasteiger partial charge in [-0.25, -0.2) is 0 Å². The molecule has 0 fully saturated rings. The highest BCUT2D eigenvalue weighted by atomic mass is 16.5. The van der Waals surface area contributed by atoms with Crippen molar-refractivity contribution in [2.75, 3.05) is 18.5 Å². The number of anilines is 1. The summed E-state index contributed by atoms with van der Waals surface area (Å²) >= 11 is 0. The third-order valence-corrected chi connectivity index (χ3v) is 2.84. The summed E-state index contributed by atoms with van der Waals surface area (Å²) in [7, 11) is 0. The first-order valence-corrected chi connectivity index (χ1v) is 6.13. The fraction of sp³-hybridized carbons (Fsp3) is 0.385. The number of fused-ring (bicyclic) bond motifs is 1. The minimum absolute atomic E-state index is 0.0127. The normalized spacial score (nSPS) is 14.9. The fourth-order valence-corrected chi connectivity index (χ4v) is 1.68. The molecule has 0 saturated heterocycles. The average molecular weight is 264 g/mol.